The predicted octanol–water partition coefficient (Wildman–Crippen LogP) is 3.96. The number of aromatic nitrogens is 1. The van der Waals surface area contributed by atoms with Crippen molar-refractivity contribution in [3.05, 3.63) is 65.0 Å². The van der Waals surface area contributed by atoms with Crippen LogP contribution in [0, 0.1) is 6.92 Å². The van der Waals surface area contributed by atoms with Crippen LogP contribution in [-0.2, 0) is 6.54 Å². The second-order valence-corrected chi connectivity index (χ2v) is 6.67. The molecule has 5 nitrogen and oxygen atoms in total. The van der Waals surface area contributed by atoms with Gasteiger partial charge in [-0.15, -0.1) is 6.58 Å². The molecule has 0 bridgehead atoms. The SMILES string of the molecule is C=CCn1c(=NC(=O)c2c(OC)cccc2OC)sc2cccc(C)c21. The number of benzene rings is 2. The first-order chi connectivity index (χ1) is 12.6. The van der Waals surface area contributed by atoms with Crippen LogP contribution in [0.3, 0.4) is 0 Å². The van der Waals surface area contributed by atoms with Crippen molar-refractivity contribution < 1.29 is 14.3 Å². The molecule has 26 heavy (non-hydrogen) atoms. The lowest BCUT2D eigenvalue weighted by molar-refractivity contribution is 0.0992. The third-order valence-corrected chi connectivity index (χ3v) is 5.10. The van der Waals surface area contributed by atoms with E-state index in [1.807, 2.05) is 29.7 Å². The smallest absolute Gasteiger partial charge is 0.287 e. The number of allylic oxidation sites excluding steroid dienone is 1. The molecule has 0 saturated carbocycles. The average Bonchev–Trinajstić information content (AvgIpc) is 2.99. The van der Waals surface area contributed by atoms with E-state index >= 15 is 0 Å². The van der Waals surface area contributed by atoms with Gasteiger partial charge in [-0.3, -0.25) is 4.79 Å². The minimum absolute atomic E-state index is 0.317. The monoisotopic (exact) mass is 368 g/mol. The van der Waals surface area contributed by atoms with E-state index in [1.54, 1.807) is 24.3 Å². The third kappa shape index (κ3) is 3.15. The molecule has 6 heteroatoms. The van der Waals surface area contributed by atoms with Gasteiger partial charge in [-0.05, 0) is 30.7 Å². The average molecular weight is 368 g/mol. The van der Waals surface area contributed by atoms with E-state index in [0.717, 1.165) is 15.8 Å². The fraction of sp³-hybridized carbons (Fsp3) is 0.200. The molecule has 0 saturated heterocycles. The first-order valence-corrected chi connectivity index (χ1v) is 8.92. The van der Waals surface area contributed by atoms with E-state index < -0.39 is 5.91 Å². The fourth-order valence-corrected chi connectivity index (χ4v) is 4.01. The van der Waals surface area contributed by atoms with Crippen LogP contribution in [0.25, 0.3) is 10.2 Å². The van der Waals surface area contributed by atoms with Gasteiger partial charge < -0.3 is 14.0 Å². The summed E-state index contributed by atoms with van der Waals surface area (Å²) in [6, 6.07) is 11.3. The Balaban J connectivity index is 2.23. The summed E-state index contributed by atoms with van der Waals surface area (Å²) in [6.07, 6.45) is 1.80. The topological polar surface area (TPSA) is 52.8 Å². The normalized spacial score (nSPS) is 11.6. The second-order valence-electron chi connectivity index (χ2n) is 5.66. The summed E-state index contributed by atoms with van der Waals surface area (Å²) in [7, 11) is 3.04. The third-order valence-electron chi connectivity index (χ3n) is 4.05. The van der Waals surface area contributed by atoms with Crippen molar-refractivity contribution in [2.75, 3.05) is 14.2 Å². The van der Waals surface area contributed by atoms with E-state index in [1.165, 1.54) is 25.6 Å². The summed E-state index contributed by atoms with van der Waals surface area (Å²) < 4.78 is 13.7. The molecule has 0 aliphatic carbocycles. The minimum atomic E-state index is -0.402. The number of carbonyl (C=O) groups excluding carboxylic acids is 1. The van der Waals surface area contributed by atoms with Crippen LogP contribution in [0.4, 0.5) is 0 Å². The predicted molar refractivity (Wildman–Crippen MR) is 104 cm³/mol. The Hall–Kier alpha value is -2.86. The molecule has 0 aliphatic heterocycles. The van der Waals surface area contributed by atoms with Crippen LogP contribution in [-0.4, -0.2) is 24.7 Å². The number of hydrogen-bond donors (Lipinski definition) is 0. The molecule has 2 aromatic carbocycles. The highest BCUT2D eigenvalue weighted by Crippen LogP contribution is 2.29. The zero-order valence-electron chi connectivity index (χ0n) is 15.0. The first-order valence-electron chi connectivity index (χ1n) is 8.10. The number of para-hydroxylation sites is 1. The summed E-state index contributed by atoms with van der Waals surface area (Å²) >= 11 is 1.47. The molecule has 1 amide bonds. The van der Waals surface area contributed by atoms with Gasteiger partial charge in [-0.2, -0.15) is 4.99 Å². The Kier molecular flexibility index (Phi) is 5.23. The number of carbonyl (C=O) groups is 1. The van der Waals surface area contributed by atoms with Gasteiger partial charge in [-0.1, -0.05) is 35.6 Å². The molecule has 0 radical (unpaired) electrons. The van der Waals surface area contributed by atoms with Crippen molar-refractivity contribution in [3.63, 3.8) is 0 Å². The Morgan fingerprint density at radius 1 is 1.19 bits per heavy atom. The van der Waals surface area contributed by atoms with Crippen LogP contribution in [0.1, 0.15) is 15.9 Å². The molecule has 1 heterocycles. The number of methoxy groups -OCH3 is 2. The maximum atomic E-state index is 12.9. The zero-order chi connectivity index (χ0) is 18.7. The lowest BCUT2D eigenvalue weighted by Crippen LogP contribution is -2.17. The van der Waals surface area contributed by atoms with Crippen molar-refractivity contribution in [1.82, 2.24) is 4.57 Å². The summed E-state index contributed by atoms with van der Waals surface area (Å²) in [4.78, 5) is 17.9. The molecule has 1 aromatic heterocycles. The molecule has 3 aromatic rings. The molecule has 0 atom stereocenters. The Bertz CT molecular complexity index is 1020. The lowest BCUT2D eigenvalue weighted by atomic mass is 10.1. The van der Waals surface area contributed by atoms with Crippen LogP contribution in [0.15, 0.2) is 54.0 Å². The Morgan fingerprint density at radius 2 is 1.85 bits per heavy atom. The number of fused-ring (bicyclic) bond motifs is 1. The maximum absolute atomic E-state index is 12.9. The van der Waals surface area contributed by atoms with Crippen molar-refractivity contribution in [1.29, 1.82) is 0 Å². The van der Waals surface area contributed by atoms with Crippen molar-refractivity contribution >= 4 is 27.5 Å². The van der Waals surface area contributed by atoms with Gasteiger partial charge >= 0.3 is 0 Å². The van der Waals surface area contributed by atoms with Crippen LogP contribution < -0.4 is 14.3 Å². The van der Waals surface area contributed by atoms with Gasteiger partial charge in [0.1, 0.15) is 17.1 Å². The molecular formula is C20H20N2O3S. The maximum Gasteiger partial charge on any atom is 0.287 e. The fourth-order valence-electron chi connectivity index (χ4n) is 2.90. The number of nitrogens with zero attached hydrogens (tertiary/aromatic N) is 2. The van der Waals surface area contributed by atoms with Crippen molar-refractivity contribution in [3.8, 4) is 11.5 Å². The number of aryl methyl sites for hydroxylation is 1. The second kappa shape index (κ2) is 7.58. The summed E-state index contributed by atoms with van der Waals surface area (Å²) in [5.74, 6) is 0.470. The first kappa shape index (κ1) is 17.9. The van der Waals surface area contributed by atoms with Gasteiger partial charge in [0.25, 0.3) is 5.91 Å². The highest BCUT2D eigenvalue weighted by Gasteiger charge is 2.18. The highest BCUT2D eigenvalue weighted by atomic mass is 32.1. The van der Waals surface area contributed by atoms with Gasteiger partial charge in [-0.25, -0.2) is 0 Å². The van der Waals surface area contributed by atoms with Crippen molar-refractivity contribution in [2.45, 2.75) is 13.5 Å². The van der Waals surface area contributed by atoms with E-state index in [4.69, 9.17) is 9.47 Å². The standard InChI is InChI=1S/C20H20N2O3S/c1-5-12-22-18-13(2)8-6-11-16(18)26-20(22)21-19(23)17-14(24-3)9-7-10-15(17)25-4/h5-11H,1,12H2,2-4H3. The Morgan fingerprint density at radius 3 is 2.46 bits per heavy atom. The van der Waals surface area contributed by atoms with E-state index in [-0.39, 0.29) is 0 Å². The zero-order valence-corrected chi connectivity index (χ0v) is 15.8. The summed E-state index contributed by atoms with van der Waals surface area (Å²) in [6.45, 7) is 6.44. The minimum Gasteiger partial charge on any atom is -0.496 e. The summed E-state index contributed by atoms with van der Waals surface area (Å²) in [5, 5.41) is 0. The molecule has 0 unspecified atom stereocenters. The van der Waals surface area contributed by atoms with Crippen LogP contribution in [0.2, 0.25) is 0 Å². The van der Waals surface area contributed by atoms with Crippen LogP contribution >= 0.6 is 11.3 Å². The number of rotatable bonds is 5. The molecule has 0 fully saturated rings. The number of ether oxygens (including phenoxy) is 2. The van der Waals surface area contributed by atoms with E-state index in [2.05, 4.69) is 11.6 Å². The largest absolute Gasteiger partial charge is 0.496 e. The molecule has 0 N–H and O–H groups in total. The van der Waals surface area contributed by atoms with Gasteiger partial charge in [0.05, 0.1) is 24.4 Å². The number of hydrogen-bond acceptors (Lipinski definition) is 4. The quantitative estimate of drug-likeness (QED) is 0.641. The number of amides is 1. The van der Waals surface area contributed by atoms with Gasteiger partial charge in [0, 0.05) is 6.54 Å². The van der Waals surface area contributed by atoms with Gasteiger partial charge in [0.2, 0.25) is 0 Å². The van der Waals surface area contributed by atoms with E-state index in [9.17, 15) is 4.79 Å². The van der Waals surface area contributed by atoms with Crippen LogP contribution in [0.5, 0.6) is 11.5 Å². The molecule has 3 rings (SSSR count). The van der Waals surface area contributed by atoms with Gasteiger partial charge in [0.15, 0.2) is 4.80 Å². The Labute approximate surface area is 155 Å². The molecule has 134 valence electrons. The molecule has 0 spiro atoms. The molecular weight excluding hydrogens is 348 g/mol. The molecule has 0 aliphatic rings. The van der Waals surface area contributed by atoms with E-state index in [0.29, 0.717) is 28.4 Å². The van der Waals surface area contributed by atoms with Crippen molar-refractivity contribution in [2.24, 2.45) is 4.99 Å². The number of thiazole rings is 1. The highest BCUT2D eigenvalue weighted by molar-refractivity contribution is 7.16. The summed E-state index contributed by atoms with van der Waals surface area (Å²) in [5.41, 5.74) is 2.51. The lowest BCUT2D eigenvalue weighted by Gasteiger charge is -2.09.